The molecule has 0 amide bonds. The topological polar surface area (TPSA) is 29.5 Å². The van der Waals surface area contributed by atoms with E-state index < -0.39 is 0 Å². The van der Waals surface area contributed by atoms with E-state index in [1.54, 1.807) is 0 Å². The predicted molar refractivity (Wildman–Crippen MR) is 127 cm³/mol. The lowest BCUT2D eigenvalue weighted by Crippen LogP contribution is -2.26. The summed E-state index contributed by atoms with van der Waals surface area (Å²) in [5.41, 5.74) is 5.64. The Labute approximate surface area is 189 Å². The SMILES string of the molecule is O=C1/C(=C/c2ccc3c(c2)C2CCCC2N3c2ccccc2)Oc2ccc(I)cc21. The molecule has 2 aliphatic heterocycles. The summed E-state index contributed by atoms with van der Waals surface area (Å²) in [5, 5.41) is 0. The van der Waals surface area contributed by atoms with Gasteiger partial charge >= 0.3 is 0 Å². The molecule has 6 rings (SSSR count). The first kappa shape index (κ1) is 18.2. The summed E-state index contributed by atoms with van der Waals surface area (Å²) in [5.74, 6) is 1.58. The molecular weight excluding hydrogens is 485 g/mol. The quantitative estimate of drug-likeness (QED) is 0.287. The third-order valence-corrected chi connectivity index (χ3v) is 7.15. The molecule has 0 spiro atoms. The molecule has 1 fully saturated rings. The average Bonchev–Trinajstić information content (AvgIpc) is 3.43. The number of halogens is 1. The van der Waals surface area contributed by atoms with Crippen LogP contribution >= 0.6 is 22.6 Å². The van der Waals surface area contributed by atoms with Gasteiger partial charge in [0, 0.05) is 26.9 Å². The number of para-hydroxylation sites is 1. The molecule has 30 heavy (non-hydrogen) atoms. The van der Waals surface area contributed by atoms with Gasteiger partial charge < -0.3 is 9.64 Å². The lowest BCUT2D eigenvalue weighted by Gasteiger charge is -2.27. The van der Waals surface area contributed by atoms with Crippen LogP contribution < -0.4 is 9.64 Å². The molecule has 0 N–H and O–H groups in total. The van der Waals surface area contributed by atoms with Crippen LogP contribution in [0.2, 0.25) is 0 Å². The van der Waals surface area contributed by atoms with Gasteiger partial charge in [-0.1, -0.05) is 30.7 Å². The number of carbonyl (C=O) groups is 1. The van der Waals surface area contributed by atoms with Crippen LogP contribution in [-0.4, -0.2) is 11.8 Å². The van der Waals surface area contributed by atoms with Gasteiger partial charge in [0.2, 0.25) is 5.78 Å². The Morgan fingerprint density at radius 2 is 1.87 bits per heavy atom. The van der Waals surface area contributed by atoms with Crippen LogP contribution in [0.3, 0.4) is 0 Å². The molecule has 1 aliphatic carbocycles. The van der Waals surface area contributed by atoms with Crippen molar-refractivity contribution in [3.05, 3.63) is 92.7 Å². The summed E-state index contributed by atoms with van der Waals surface area (Å²) >= 11 is 2.22. The van der Waals surface area contributed by atoms with Crippen molar-refractivity contribution in [2.75, 3.05) is 4.90 Å². The summed E-state index contributed by atoms with van der Waals surface area (Å²) < 4.78 is 6.91. The zero-order valence-corrected chi connectivity index (χ0v) is 18.5. The molecule has 148 valence electrons. The highest BCUT2D eigenvalue weighted by Crippen LogP contribution is 2.52. The van der Waals surface area contributed by atoms with Crippen molar-refractivity contribution in [1.82, 2.24) is 0 Å². The lowest BCUT2D eigenvalue weighted by molar-refractivity contribution is 0.101. The third kappa shape index (κ3) is 2.81. The number of allylic oxidation sites excluding steroid dienone is 1. The van der Waals surface area contributed by atoms with Crippen LogP contribution in [0.5, 0.6) is 5.75 Å². The zero-order valence-electron chi connectivity index (χ0n) is 16.3. The first-order valence-electron chi connectivity index (χ1n) is 10.4. The molecular formula is C26H20INO2. The number of Topliss-reactive ketones (excluding diaryl/α,β-unsaturated/α-hetero) is 1. The second kappa shape index (κ2) is 6.98. The highest BCUT2D eigenvalue weighted by atomic mass is 127. The van der Waals surface area contributed by atoms with Crippen molar-refractivity contribution in [2.24, 2.45) is 0 Å². The van der Waals surface area contributed by atoms with Gasteiger partial charge in [0.1, 0.15) is 5.75 Å². The van der Waals surface area contributed by atoms with Crippen LogP contribution in [0.25, 0.3) is 6.08 Å². The van der Waals surface area contributed by atoms with Crippen LogP contribution in [0.15, 0.2) is 72.5 Å². The fourth-order valence-electron chi connectivity index (χ4n) is 5.20. The first-order valence-corrected chi connectivity index (χ1v) is 11.5. The van der Waals surface area contributed by atoms with E-state index >= 15 is 0 Å². The number of ether oxygens (including phenoxy) is 1. The molecule has 3 aliphatic rings. The Morgan fingerprint density at radius 1 is 1.00 bits per heavy atom. The van der Waals surface area contributed by atoms with E-state index in [0.29, 0.717) is 29.0 Å². The molecule has 0 radical (unpaired) electrons. The molecule has 2 unspecified atom stereocenters. The molecule has 0 bridgehead atoms. The molecule has 1 saturated carbocycles. The number of anilines is 2. The van der Waals surface area contributed by atoms with Gasteiger partial charge in [-0.3, -0.25) is 4.79 Å². The van der Waals surface area contributed by atoms with Crippen LogP contribution in [-0.2, 0) is 0 Å². The summed E-state index contributed by atoms with van der Waals surface area (Å²) in [4.78, 5) is 15.3. The summed E-state index contributed by atoms with van der Waals surface area (Å²) in [6.07, 6.45) is 5.60. The number of nitrogens with zero attached hydrogens (tertiary/aromatic N) is 1. The predicted octanol–water partition coefficient (Wildman–Crippen LogP) is 6.70. The molecule has 3 aromatic rings. The minimum atomic E-state index is -0.0336. The number of benzene rings is 3. The second-order valence-electron chi connectivity index (χ2n) is 8.21. The number of hydrogen-bond acceptors (Lipinski definition) is 3. The smallest absolute Gasteiger partial charge is 0.232 e. The number of fused-ring (bicyclic) bond motifs is 4. The summed E-state index contributed by atoms with van der Waals surface area (Å²) in [6.45, 7) is 0. The lowest BCUT2D eigenvalue weighted by atomic mass is 9.95. The molecule has 0 aromatic heterocycles. The Kier molecular flexibility index (Phi) is 4.23. The monoisotopic (exact) mass is 505 g/mol. The van der Waals surface area contributed by atoms with Gasteiger partial charge in [-0.05, 0) is 95.1 Å². The highest BCUT2D eigenvalue weighted by molar-refractivity contribution is 14.1. The van der Waals surface area contributed by atoms with E-state index in [2.05, 4.69) is 76.0 Å². The van der Waals surface area contributed by atoms with E-state index in [9.17, 15) is 4.79 Å². The van der Waals surface area contributed by atoms with E-state index in [-0.39, 0.29) is 5.78 Å². The first-order chi connectivity index (χ1) is 14.7. The normalized spacial score (nSPS) is 22.8. The van der Waals surface area contributed by atoms with Gasteiger partial charge in [0.05, 0.1) is 5.56 Å². The van der Waals surface area contributed by atoms with Crippen LogP contribution in [0, 0.1) is 3.57 Å². The number of ketones is 1. The fraction of sp³-hybridized carbons (Fsp3) is 0.192. The van der Waals surface area contributed by atoms with E-state index in [4.69, 9.17) is 4.74 Å². The maximum Gasteiger partial charge on any atom is 0.232 e. The fourth-order valence-corrected chi connectivity index (χ4v) is 5.69. The molecule has 2 atom stereocenters. The highest BCUT2D eigenvalue weighted by Gasteiger charge is 2.42. The average molecular weight is 505 g/mol. The zero-order chi connectivity index (χ0) is 20.2. The van der Waals surface area contributed by atoms with Crippen LogP contribution in [0.4, 0.5) is 11.4 Å². The minimum Gasteiger partial charge on any atom is -0.452 e. The van der Waals surface area contributed by atoms with E-state index in [1.807, 2.05) is 24.3 Å². The Morgan fingerprint density at radius 3 is 2.73 bits per heavy atom. The Bertz CT molecular complexity index is 1200. The van der Waals surface area contributed by atoms with Crippen molar-refractivity contribution in [1.29, 1.82) is 0 Å². The maximum absolute atomic E-state index is 12.8. The number of rotatable bonds is 2. The van der Waals surface area contributed by atoms with Gasteiger partial charge in [-0.2, -0.15) is 0 Å². The van der Waals surface area contributed by atoms with E-state index in [1.165, 1.54) is 36.2 Å². The standard InChI is InChI=1S/C26H20INO2/c27-17-10-12-24-21(15-17)26(29)25(30-24)14-16-9-11-23-20(13-16)19-7-4-8-22(19)28(23)18-5-2-1-3-6-18/h1-3,5-6,9-15,19,22H,4,7-8H2/b25-14-. The Hall–Kier alpha value is -2.60. The van der Waals surface area contributed by atoms with Crippen molar-refractivity contribution in [3.63, 3.8) is 0 Å². The van der Waals surface area contributed by atoms with Crippen molar-refractivity contribution in [3.8, 4) is 5.75 Å². The molecule has 0 saturated heterocycles. The Balaban J connectivity index is 1.38. The molecule has 3 aromatic carbocycles. The van der Waals surface area contributed by atoms with Gasteiger partial charge in [0.15, 0.2) is 5.76 Å². The number of carbonyl (C=O) groups excluding carboxylic acids is 1. The van der Waals surface area contributed by atoms with Gasteiger partial charge in [-0.25, -0.2) is 0 Å². The second-order valence-corrected chi connectivity index (χ2v) is 9.45. The third-order valence-electron chi connectivity index (χ3n) is 6.48. The van der Waals surface area contributed by atoms with Gasteiger partial charge in [0.25, 0.3) is 0 Å². The summed E-state index contributed by atoms with van der Waals surface area (Å²) in [6, 6.07) is 23.5. The maximum atomic E-state index is 12.8. The van der Waals surface area contributed by atoms with E-state index in [0.717, 1.165) is 9.13 Å². The molecule has 3 nitrogen and oxygen atoms in total. The molecule has 4 heteroatoms. The largest absolute Gasteiger partial charge is 0.452 e. The number of hydrogen-bond donors (Lipinski definition) is 0. The molecule has 2 heterocycles. The van der Waals surface area contributed by atoms with Crippen molar-refractivity contribution < 1.29 is 9.53 Å². The minimum absolute atomic E-state index is 0.0336. The van der Waals surface area contributed by atoms with Crippen LogP contribution in [0.1, 0.15) is 46.7 Å². The van der Waals surface area contributed by atoms with Crippen molar-refractivity contribution in [2.45, 2.75) is 31.2 Å². The van der Waals surface area contributed by atoms with Gasteiger partial charge in [-0.15, -0.1) is 0 Å². The summed E-state index contributed by atoms with van der Waals surface area (Å²) in [7, 11) is 0. The van der Waals surface area contributed by atoms with Crippen molar-refractivity contribution >= 4 is 45.8 Å².